The maximum absolute atomic E-state index is 13.1. The molecule has 0 atom stereocenters. The minimum atomic E-state index is -4.33. The second-order valence-corrected chi connectivity index (χ2v) is 6.99. The summed E-state index contributed by atoms with van der Waals surface area (Å²) in [6.07, 6.45) is -4.33. The smallest absolute Gasteiger partial charge is 0.401 e. The van der Waals surface area contributed by atoms with Crippen molar-refractivity contribution in [2.75, 3.05) is 13.7 Å². The molecule has 0 aliphatic carbocycles. The lowest BCUT2D eigenvalue weighted by Crippen LogP contribution is -2.35. The molecule has 0 radical (unpaired) electrons. The van der Waals surface area contributed by atoms with Crippen LogP contribution in [-0.2, 0) is 20.3 Å². The molecule has 0 amide bonds. The van der Waals surface area contributed by atoms with E-state index in [4.69, 9.17) is 17.0 Å². The second kappa shape index (κ2) is 8.79. The molecule has 5 nitrogen and oxygen atoms in total. The van der Waals surface area contributed by atoms with Gasteiger partial charge in [0.05, 0.1) is 20.3 Å². The Bertz CT molecular complexity index is 1010. The van der Waals surface area contributed by atoms with Gasteiger partial charge in [0.1, 0.15) is 5.75 Å². The molecule has 3 rings (SSSR count). The van der Waals surface area contributed by atoms with Gasteiger partial charge in [0.25, 0.3) is 0 Å². The number of methoxy groups -OCH3 is 1. The molecule has 0 aliphatic heterocycles. The van der Waals surface area contributed by atoms with E-state index in [9.17, 15) is 13.2 Å². The van der Waals surface area contributed by atoms with E-state index in [-0.39, 0.29) is 13.2 Å². The van der Waals surface area contributed by atoms with Gasteiger partial charge in [-0.2, -0.15) is 18.3 Å². The number of benzene rings is 2. The molecular weight excluding hydrogens is 401 g/mol. The average Bonchev–Trinajstić information content (AvgIpc) is 2.96. The summed E-state index contributed by atoms with van der Waals surface area (Å²) in [5.41, 5.74) is 1.55. The van der Waals surface area contributed by atoms with Crippen LogP contribution in [-0.4, -0.2) is 39.1 Å². The molecule has 0 saturated carbocycles. The minimum absolute atomic E-state index is 0.0783. The summed E-state index contributed by atoms with van der Waals surface area (Å²) in [5.74, 6) is 1.21. The van der Waals surface area contributed by atoms with Crippen LogP contribution >= 0.6 is 12.2 Å². The van der Waals surface area contributed by atoms with E-state index in [1.54, 1.807) is 55.1 Å². The lowest BCUT2D eigenvalue weighted by molar-refractivity contribution is -0.151. The Morgan fingerprint density at radius 3 is 2.48 bits per heavy atom. The number of hydrogen-bond donors (Lipinski definition) is 0. The Hall–Kier alpha value is -2.65. The van der Waals surface area contributed by atoms with Gasteiger partial charge in [-0.15, -0.1) is 0 Å². The zero-order chi connectivity index (χ0) is 21.0. The number of aromatic nitrogens is 3. The molecule has 0 fully saturated rings. The van der Waals surface area contributed by atoms with E-state index < -0.39 is 12.7 Å². The number of nitrogens with zero attached hydrogens (tertiary/aromatic N) is 4. The molecule has 0 N–H and O–H groups in total. The second-order valence-electron chi connectivity index (χ2n) is 6.63. The molecule has 29 heavy (non-hydrogen) atoms. The first-order valence-corrected chi connectivity index (χ1v) is 9.29. The Labute approximate surface area is 172 Å². The molecule has 3 aromatic rings. The lowest BCUT2D eigenvalue weighted by atomic mass is 10.2. The van der Waals surface area contributed by atoms with Crippen molar-refractivity contribution in [3.05, 3.63) is 64.9 Å². The predicted molar refractivity (Wildman–Crippen MR) is 107 cm³/mol. The molecular formula is C20H21F3N4OS. The zero-order valence-electron chi connectivity index (χ0n) is 16.1. The Morgan fingerprint density at radius 1 is 1.10 bits per heavy atom. The molecule has 0 saturated heterocycles. The first kappa shape index (κ1) is 21.1. The van der Waals surface area contributed by atoms with Crippen LogP contribution in [0.5, 0.6) is 5.75 Å². The molecule has 1 heterocycles. The van der Waals surface area contributed by atoms with Crippen molar-refractivity contribution in [3.8, 4) is 17.1 Å². The van der Waals surface area contributed by atoms with Gasteiger partial charge in [-0.05, 0) is 29.9 Å². The SMILES string of the molecule is COc1cccc(-c2nn(CN(Cc3ccccc3)CC(F)(F)F)c(=S)n2C)c1. The van der Waals surface area contributed by atoms with E-state index in [0.29, 0.717) is 16.3 Å². The summed E-state index contributed by atoms with van der Waals surface area (Å²) >= 11 is 5.42. The fourth-order valence-electron chi connectivity index (χ4n) is 3.03. The molecule has 0 aliphatic rings. The minimum Gasteiger partial charge on any atom is -0.497 e. The highest BCUT2D eigenvalue weighted by Crippen LogP contribution is 2.23. The van der Waals surface area contributed by atoms with Gasteiger partial charge < -0.3 is 9.30 Å². The van der Waals surface area contributed by atoms with Gasteiger partial charge in [0.2, 0.25) is 0 Å². The highest BCUT2D eigenvalue weighted by molar-refractivity contribution is 7.71. The maximum Gasteiger partial charge on any atom is 0.401 e. The fourth-order valence-corrected chi connectivity index (χ4v) is 3.22. The number of hydrogen-bond acceptors (Lipinski definition) is 4. The molecule has 2 aromatic carbocycles. The Morgan fingerprint density at radius 2 is 1.83 bits per heavy atom. The van der Waals surface area contributed by atoms with Crippen molar-refractivity contribution < 1.29 is 17.9 Å². The molecule has 0 spiro atoms. The molecule has 0 unspecified atom stereocenters. The number of halogens is 3. The van der Waals surface area contributed by atoms with E-state index >= 15 is 0 Å². The van der Waals surface area contributed by atoms with Crippen LogP contribution in [0.2, 0.25) is 0 Å². The van der Waals surface area contributed by atoms with Gasteiger partial charge in [-0.1, -0.05) is 42.5 Å². The van der Waals surface area contributed by atoms with Crippen LogP contribution in [0, 0.1) is 4.77 Å². The highest BCUT2D eigenvalue weighted by Gasteiger charge is 2.31. The van der Waals surface area contributed by atoms with Crippen LogP contribution in [0.1, 0.15) is 5.56 Å². The third kappa shape index (κ3) is 5.45. The van der Waals surface area contributed by atoms with Crippen molar-refractivity contribution in [1.82, 2.24) is 19.2 Å². The van der Waals surface area contributed by atoms with Gasteiger partial charge in [0, 0.05) is 19.2 Å². The standard InChI is InChI=1S/C20H21F3N4OS/c1-25-18(16-9-6-10-17(11-16)28-2)24-27(19(25)29)14-26(13-20(21,22)23)12-15-7-4-3-5-8-15/h3-11H,12-14H2,1-2H3. The van der Waals surface area contributed by atoms with E-state index in [0.717, 1.165) is 11.1 Å². The van der Waals surface area contributed by atoms with Crippen LogP contribution in [0.3, 0.4) is 0 Å². The first-order chi connectivity index (χ1) is 13.8. The topological polar surface area (TPSA) is 35.2 Å². The summed E-state index contributed by atoms with van der Waals surface area (Å²) in [4.78, 5) is 1.27. The monoisotopic (exact) mass is 422 g/mol. The molecule has 0 bridgehead atoms. The lowest BCUT2D eigenvalue weighted by Gasteiger charge is -2.23. The zero-order valence-corrected chi connectivity index (χ0v) is 16.9. The van der Waals surface area contributed by atoms with E-state index in [1.165, 1.54) is 9.58 Å². The van der Waals surface area contributed by atoms with Crippen LogP contribution in [0.4, 0.5) is 13.2 Å². The Kier molecular flexibility index (Phi) is 6.39. The summed E-state index contributed by atoms with van der Waals surface area (Å²) in [6.45, 7) is -1.01. The third-order valence-electron chi connectivity index (χ3n) is 4.35. The fraction of sp³-hybridized carbons (Fsp3) is 0.300. The van der Waals surface area contributed by atoms with Crippen molar-refractivity contribution >= 4 is 12.2 Å². The summed E-state index contributed by atoms with van der Waals surface area (Å²) in [5, 5.41) is 4.48. The van der Waals surface area contributed by atoms with Gasteiger partial charge >= 0.3 is 6.18 Å². The molecule has 1 aromatic heterocycles. The van der Waals surface area contributed by atoms with E-state index in [2.05, 4.69) is 5.10 Å². The van der Waals surface area contributed by atoms with Crippen LogP contribution in [0.25, 0.3) is 11.4 Å². The van der Waals surface area contributed by atoms with Crippen molar-refractivity contribution in [2.24, 2.45) is 7.05 Å². The Balaban J connectivity index is 1.90. The van der Waals surface area contributed by atoms with Crippen LogP contribution in [0.15, 0.2) is 54.6 Å². The van der Waals surface area contributed by atoms with Crippen molar-refractivity contribution in [2.45, 2.75) is 19.4 Å². The van der Waals surface area contributed by atoms with Gasteiger partial charge in [-0.3, -0.25) is 4.90 Å². The highest BCUT2D eigenvalue weighted by atomic mass is 32.1. The maximum atomic E-state index is 13.1. The molecule has 9 heteroatoms. The summed E-state index contributed by atoms with van der Waals surface area (Å²) < 4.78 is 48.1. The number of rotatable bonds is 7. The third-order valence-corrected chi connectivity index (χ3v) is 4.84. The van der Waals surface area contributed by atoms with Gasteiger partial charge in [-0.25, -0.2) is 4.68 Å². The first-order valence-electron chi connectivity index (χ1n) is 8.88. The largest absolute Gasteiger partial charge is 0.497 e. The van der Waals surface area contributed by atoms with Crippen molar-refractivity contribution in [3.63, 3.8) is 0 Å². The van der Waals surface area contributed by atoms with Gasteiger partial charge in [0.15, 0.2) is 10.6 Å². The number of alkyl halides is 3. The molecule has 154 valence electrons. The average molecular weight is 422 g/mol. The number of ether oxygens (including phenoxy) is 1. The van der Waals surface area contributed by atoms with E-state index in [1.807, 2.05) is 18.2 Å². The summed E-state index contributed by atoms with van der Waals surface area (Å²) in [6, 6.07) is 16.3. The van der Waals surface area contributed by atoms with Crippen LogP contribution < -0.4 is 4.74 Å². The quantitative estimate of drug-likeness (QED) is 0.520. The normalized spacial score (nSPS) is 11.8. The van der Waals surface area contributed by atoms with Crippen molar-refractivity contribution in [1.29, 1.82) is 0 Å². The predicted octanol–water partition coefficient (Wildman–Crippen LogP) is 4.65. The summed E-state index contributed by atoms with van der Waals surface area (Å²) in [7, 11) is 3.31.